The van der Waals surface area contributed by atoms with Crippen molar-refractivity contribution in [2.24, 2.45) is 0 Å². The molecule has 0 aliphatic heterocycles. The van der Waals surface area contributed by atoms with Crippen molar-refractivity contribution >= 4 is 35.0 Å². The molecule has 32 heavy (non-hydrogen) atoms. The number of amides is 1. The summed E-state index contributed by atoms with van der Waals surface area (Å²) < 4.78 is 80.6. The van der Waals surface area contributed by atoms with Crippen molar-refractivity contribution < 1.29 is 31.1 Å². The zero-order chi connectivity index (χ0) is 23.6. The Balaban J connectivity index is 2.00. The Kier molecular flexibility index (Phi) is 6.57. The van der Waals surface area contributed by atoms with E-state index in [1.807, 2.05) is 0 Å². The van der Waals surface area contributed by atoms with Gasteiger partial charge in [-0.2, -0.15) is 23.3 Å². The molecule has 0 saturated carbocycles. The number of hydrogen-bond donors (Lipinski definition) is 1. The first-order valence-corrected chi connectivity index (χ1v) is 9.07. The van der Waals surface area contributed by atoms with Gasteiger partial charge in [0.25, 0.3) is 0 Å². The second-order valence-electron chi connectivity index (χ2n) is 6.38. The first-order valence-electron chi connectivity index (χ1n) is 8.70. The maximum Gasteiger partial charge on any atom is 0.416 e. The molecule has 0 atom stereocenters. The van der Waals surface area contributed by atoms with Gasteiger partial charge < -0.3 is 4.90 Å². The van der Waals surface area contributed by atoms with Crippen molar-refractivity contribution in [3.8, 4) is 0 Å². The fraction of sp³-hybridized carbons (Fsp3) is 0.222. The van der Waals surface area contributed by atoms with Gasteiger partial charge in [0.2, 0.25) is 11.9 Å². The SMILES string of the molecule is CN(C(=O)CN(c1cc(C(F)(F)F)cc(CF)n1)c1ncn[nH]1)c1ccc(F)c(Cl)c1F. The first kappa shape index (κ1) is 23.3. The minimum atomic E-state index is -4.82. The van der Waals surface area contributed by atoms with E-state index in [0.29, 0.717) is 12.1 Å². The maximum atomic E-state index is 14.3. The predicted molar refractivity (Wildman–Crippen MR) is 102 cm³/mol. The summed E-state index contributed by atoms with van der Waals surface area (Å²) in [5.41, 5.74) is -2.10. The molecule has 3 aromatic rings. The fourth-order valence-corrected chi connectivity index (χ4v) is 2.85. The number of aromatic nitrogens is 4. The predicted octanol–water partition coefficient (Wildman–Crippen LogP) is 4.42. The van der Waals surface area contributed by atoms with E-state index in [4.69, 9.17) is 11.6 Å². The van der Waals surface area contributed by atoms with Gasteiger partial charge in [-0.25, -0.2) is 23.3 Å². The van der Waals surface area contributed by atoms with Crippen molar-refractivity contribution in [2.45, 2.75) is 12.9 Å². The third kappa shape index (κ3) is 4.77. The molecule has 0 unspecified atom stereocenters. The fourth-order valence-electron chi connectivity index (χ4n) is 2.69. The summed E-state index contributed by atoms with van der Waals surface area (Å²) in [6, 6.07) is 2.95. The van der Waals surface area contributed by atoms with Crippen LogP contribution in [0.15, 0.2) is 30.6 Å². The molecule has 0 aliphatic carbocycles. The second kappa shape index (κ2) is 9.02. The molecule has 1 aromatic carbocycles. The number of nitrogens with one attached hydrogen (secondary N) is 1. The van der Waals surface area contributed by atoms with Crippen molar-refractivity contribution in [1.29, 1.82) is 0 Å². The van der Waals surface area contributed by atoms with E-state index in [1.54, 1.807) is 0 Å². The van der Waals surface area contributed by atoms with E-state index in [1.165, 1.54) is 0 Å². The van der Waals surface area contributed by atoms with Crippen LogP contribution in [-0.2, 0) is 17.6 Å². The molecule has 1 N–H and O–H groups in total. The topological polar surface area (TPSA) is 78.0 Å². The van der Waals surface area contributed by atoms with Gasteiger partial charge in [0.1, 0.15) is 36.2 Å². The third-order valence-corrected chi connectivity index (χ3v) is 4.65. The quantitative estimate of drug-likeness (QED) is 0.419. The van der Waals surface area contributed by atoms with E-state index in [9.17, 15) is 31.1 Å². The summed E-state index contributed by atoms with van der Waals surface area (Å²) in [7, 11) is 1.15. The number of aromatic amines is 1. The lowest BCUT2D eigenvalue weighted by Gasteiger charge is -2.25. The van der Waals surface area contributed by atoms with E-state index >= 15 is 0 Å². The number of anilines is 3. The number of hydrogen-bond acceptors (Lipinski definition) is 5. The van der Waals surface area contributed by atoms with Crippen LogP contribution in [0.2, 0.25) is 5.02 Å². The van der Waals surface area contributed by atoms with Gasteiger partial charge in [0.15, 0.2) is 5.82 Å². The van der Waals surface area contributed by atoms with Crippen LogP contribution in [0.25, 0.3) is 0 Å². The van der Waals surface area contributed by atoms with Crippen LogP contribution < -0.4 is 9.80 Å². The lowest BCUT2D eigenvalue weighted by Crippen LogP contribution is -2.37. The number of benzene rings is 1. The monoisotopic (exact) mass is 478 g/mol. The van der Waals surface area contributed by atoms with Crippen LogP contribution in [0.1, 0.15) is 11.3 Å². The number of carbonyl (C=O) groups is 1. The maximum absolute atomic E-state index is 14.3. The Hall–Kier alpha value is -3.35. The molecule has 170 valence electrons. The number of nitrogens with zero attached hydrogens (tertiary/aromatic N) is 5. The van der Waals surface area contributed by atoms with Crippen LogP contribution in [0, 0.1) is 11.6 Å². The molecule has 1 amide bonds. The minimum Gasteiger partial charge on any atom is -0.311 e. The number of carbonyl (C=O) groups excluding carboxylic acids is 1. The molecule has 0 saturated heterocycles. The zero-order valence-corrected chi connectivity index (χ0v) is 16.8. The summed E-state index contributed by atoms with van der Waals surface area (Å²) in [6.45, 7) is -2.01. The highest BCUT2D eigenvalue weighted by Crippen LogP contribution is 2.33. The molecule has 14 heteroatoms. The smallest absolute Gasteiger partial charge is 0.311 e. The van der Waals surface area contributed by atoms with Crippen LogP contribution in [0.4, 0.5) is 43.8 Å². The summed E-state index contributed by atoms with van der Waals surface area (Å²) in [5.74, 6) is -3.73. The highest BCUT2D eigenvalue weighted by Gasteiger charge is 2.33. The molecule has 2 aromatic heterocycles. The molecular formula is C18H13ClF6N6O. The molecule has 0 bridgehead atoms. The molecular weight excluding hydrogens is 466 g/mol. The van der Waals surface area contributed by atoms with E-state index in [-0.39, 0.29) is 11.6 Å². The summed E-state index contributed by atoms with van der Waals surface area (Å²) in [6.07, 6.45) is -3.79. The van der Waals surface area contributed by atoms with E-state index in [0.717, 1.165) is 35.3 Å². The van der Waals surface area contributed by atoms with Gasteiger partial charge in [-0.15, -0.1) is 0 Å². The lowest BCUT2D eigenvalue weighted by molar-refractivity contribution is -0.137. The standard InChI is InChI=1S/C18H13ClF6N6O/c1-30(12-3-2-11(21)15(19)16(12)22)14(32)7-31(17-26-8-27-29-17)13-5-9(18(23,24)25)4-10(6-20)28-13/h2-5,8H,6-7H2,1H3,(H,26,27,29). The third-order valence-electron chi connectivity index (χ3n) is 4.31. The Morgan fingerprint density at radius 1 is 1.22 bits per heavy atom. The molecule has 0 aliphatic rings. The number of likely N-dealkylation sites (N-methyl/N-ethyl adjacent to an activating group) is 1. The largest absolute Gasteiger partial charge is 0.416 e. The number of rotatable bonds is 6. The number of H-pyrrole nitrogens is 1. The van der Waals surface area contributed by atoms with Gasteiger partial charge in [-0.1, -0.05) is 11.6 Å². The van der Waals surface area contributed by atoms with Gasteiger partial charge >= 0.3 is 6.18 Å². The van der Waals surface area contributed by atoms with E-state index in [2.05, 4.69) is 20.2 Å². The average Bonchev–Trinajstić information content (AvgIpc) is 3.29. The lowest BCUT2D eigenvalue weighted by atomic mass is 10.2. The Morgan fingerprint density at radius 2 is 1.94 bits per heavy atom. The minimum absolute atomic E-state index is 0.180. The van der Waals surface area contributed by atoms with E-state index < -0.39 is 59.0 Å². The Morgan fingerprint density at radius 3 is 2.53 bits per heavy atom. The molecule has 7 nitrogen and oxygen atoms in total. The van der Waals surface area contributed by atoms with Gasteiger partial charge in [0, 0.05) is 7.05 Å². The Bertz CT molecular complexity index is 1120. The number of alkyl halides is 4. The summed E-state index contributed by atoms with van der Waals surface area (Å²) in [4.78, 5) is 22.1. The molecule has 2 heterocycles. The summed E-state index contributed by atoms with van der Waals surface area (Å²) >= 11 is 5.53. The first-order chi connectivity index (χ1) is 15.0. The normalized spacial score (nSPS) is 11.5. The van der Waals surface area contributed by atoms with Crippen molar-refractivity contribution in [1.82, 2.24) is 20.2 Å². The van der Waals surface area contributed by atoms with Crippen molar-refractivity contribution in [3.63, 3.8) is 0 Å². The average molecular weight is 479 g/mol. The highest BCUT2D eigenvalue weighted by atomic mass is 35.5. The summed E-state index contributed by atoms with van der Waals surface area (Å²) in [5, 5.41) is 5.13. The van der Waals surface area contributed by atoms with Gasteiger partial charge in [-0.3, -0.25) is 9.69 Å². The van der Waals surface area contributed by atoms with Gasteiger partial charge in [0.05, 0.1) is 16.9 Å². The molecule has 3 rings (SSSR count). The van der Waals surface area contributed by atoms with Crippen molar-refractivity contribution in [3.05, 3.63) is 58.5 Å². The highest BCUT2D eigenvalue weighted by molar-refractivity contribution is 6.31. The molecule has 0 fully saturated rings. The van der Waals surface area contributed by atoms with Crippen LogP contribution in [-0.4, -0.2) is 39.7 Å². The number of pyridine rings is 1. The second-order valence-corrected chi connectivity index (χ2v) is 6.76. The molecule has 0 radical (unpaired) electrons. The molecule has 0 spiro atoms. The van der Waals surface area contributed by atoms with Gasteiger partial charge in [-0.05, 0) is 24.3 Å². The van der Waals surface area contributed by atoms with Crippen molar-refractivity contribution in [2.75, 3.05) is 23.4 Å². The zero-order valence-electron chi connectivity index (χ0n) is 16.1. The van der Waals surface area contributed by atoms with Crippen LogP contribution in [0.3, 0.4) is 0 Å². The van der Waals surface area contributed by atoms with Crippen LogP contribution in [0.5, 0.6) is 0 Å². The Labute approximate surface area is 181 Å². The number of halogens is 7. The van der Waals surface area contributed by atoms with Crippen LogP contribution >= 0.6 is 11.6 Å².